The molecule has 2 aromatic carbocycles. The maximum atomic E-state index is 6.09. The number of nitrogens with one attached hydrogen (secondary N) is 2. The van der Waals surface area contributed by atoms with Gasteiger partial charge in [-0.05, 0) is 23.8 Å². The summed E-state index contributed by atoms with van der Waals surface area (Å²) in [6.07, 6.45) is 0. The summed E-state index contributed by atoms with van der Waals surface area (Å²) in [6.45, 7) is 0.598. The van der Waals surface area contributed by atoms with Crippen LogP contribution in [0.1, 0.15) is 5.56 Å². The Morgan fingerprint density at radius 1 is 1.17 bits per heavy atom. The highest BCUT2D eigenvalue weighted by Gasteiger charge is 2.11. The smallest absolute Gasteiger partial charge is 0.171 e. The number of thiocarbonyl (C=S) groups is 1. The molecule has 2 N–H and O–H groups in total. The SMILES string of the molecule is COc1cc(NC(=S)NCc2ccccc2Br)c(OC)cc1Cl. The van der Waals surface area contributed by atoms with Crippen LogP contribution >= 0.6 is 39.7 Å². The Kier molecular flexibility index (Phi) is 6.50. The summed E-state index contributed by atoms with van der Waals surface area (Å²) in [7, 11) is 3.13. The van der Waals surface area contributed by atoms with Gasteiger partial charge in [-0.25, -0.2) is 0 Å². The molecule has 0 spiro atoms. The summed E-state index contributed by atoms with van der Waals surface area (Å²) < 4.78 is 11.6. The molecule has 7 heteroatoms. The molecule has 23 heavy (non-hydrogen) atoms. The Morgan fingerprint density at radius 2 is 1.87 bits per heavy atom. The molecule has 0 bridgehead atoms. The fourth-order valence-electron chi connectivity index (χ4n) is 1.94. The molecule has 0 radical (unpaired) electrons. The first-order chi connectivity index (χ1) is 11.0. The molecule has 2 aromatic rings. The maximum absolute atomic E-state index is 6.09. The first-order valence-electron chi connectivity index (χ1n) is 6.75. The number of anilines is 1. The molecule has 0 heterocycles. The van der Waals surface area contributed by atoms with Crippen LogP contribution in [0.15, 0.2) is 40.9 Å². The number of rotatable bonds is 5. The van der Waals surface area contributed by atoms with Gasteiger partial charge in [0, 0.05) is 23.2 Å². The lowest BCUT2D eigenvalue weighted by molar-refractivity contribution is 0.405. The van der Waals surface area contributed by atoms with Crippen molar-refractivity contribution < 1.29 is 9.47 Å². The van der Waals surface area contributed by atoms with Crippen molar-refractivity contribution in [2.75, 3.05) is 19.5 Å². The first-order valence-corrected chi connectivity index (χ1v) is 8.33. The topological polar surface area (TPSA) is 42.5 Å². The van der Waals surface area contributed by atoms with E-state index in [9.17, 15) is 0 Å². The Balaban J connectivity index is 2.06. The molecule has 122 valence electrons. The van der Waals surface area contributed by atoms with E-state index >= 15 is 0 Å². The van der Waals surface area contributed by atoms with Crippen LogP contribution in [0, 0.1) is 0 Å². The fraction of sp³-hybridized carbons (Fsp3) is 0.188. The largest absolute Gasteiger partial charge is 0.495 e. The van der Waals surface area contributed by atoms with Crippen LogP contribution in [0.5, 0.6) is 11.5 Å². The Bertz CT molecular complexity index is 712. The van der Waals surface area contributed by atoms with E-state index in [1.807, 2.05) is 24.3 Å². The summed E-state index contributed by atoms with van der Waals surface area (Å²) >= 11 is 14.9. The summed E-state index contributed by atoms with van der Waals surface area (Å²) in [4.78, 5) is 0. The molecular weight excluding hydrogens is 400 g/mol. The third-order valence-corrected chi connectivity index (χ3v) is 4.43. The van der Waals surface area contributed by atoms with Crippen molar-refractivity contribution in [3.63, 3.8) is 0 Å². The van der Waals surface area contributed by atoms with Crippen molar-refractivity contribution >= 4 is 50.5 Å². The highest BCUT2D eigenvalue weighted by Crippen LogP contribution is 2.35. The van der Waals surface area contributed by atoms with E-state index in [4.69, 9.17) is 33.3 Å². The van der Waals surface area contributed by atoms with Gasteiger partial charge in [-0.15, -0.1) is 0 Å². The number of halogens is 2. The van der Waals surface area contributed by atoms with Gasteiger partial charge < -0.3 is 20.1 Å². The van der Waals surface area contributed by atoms with Gasteiger partial charge in [0.1, 0.15) is 11.5 Å². The molecule has 0 amide bonds. The van der Waals surface area contributed by atoms with Crippen LogP contribution < -0.4 is 20.1 Å². The highest BCUT2D eigenvalue weighted by molar-refractivity contribution is 9.10. The van der Waals surface area contributed by atoms with Crippen LogP contribution in [-0.2, 0) is 6.54 Å². The zero-order valence-electron chi connectivity index (χ0n) is 12.7. The summed E-state index contributed by atoms with van der Waals surface area (Å²) in [5, 5.41) is 7.20. The molecule has 0 fully saturated rings. The van der Waals surface area contributed by atoms with Crippen molar-refractivity contribution in [3.05, 3.63) is 51.5 Å². The van der Waals surface area contributed by atoms with Crippen molar-refractivity contribution in [2.24, 2.45) is 0 Å². The zero-order chi connectivity index (χ0) is 16.8. The molecule has 0 saturated carbocycles. The minimum Gasteiger partial charge on any atom is -0.495 e. The number of hydrogen-bond donors (Lipinski definition) is 2. The van der Waals surface area contributed by atoms with Gasteiger partial charge in [-0.2, -0.15) is 0 Å². The van der Waals surface area contributed by atoms with Gasteiger partial charge in [-0.1, -0.05) is 45.7 Å². The maximum Gasteiger partial charge on any atom is 0.171 e. The molecule has 4 nitrogen and oxygen atoms in total. The van der Waals surface area contributed by atoms with Gasteiger partial charge >= 0.3 is 0 Å². The van der Waals surface area contributed by atoms with Crippen molar-refractivity contribution in [1.82, 2.24) is 5.32 Å². The van der Waals surface area contributed by atoms with Gasteiger partial charge in [-0.3, -0.25) is 0 Å². The second kappa shape index (κ2) is 8.38. The minimum atomic E-state index is 0.474. The molecule has 0 aliphatic rings. The van der Waals surface area contributed by atoms with E-state index in [1.54, 1.807) is 26.4 Å². The molecule has 0 saturated heterocycles. The zero-order valence-corrected chi connectivity index (χ0v) is 15.8. The van der Waals surface area contributed by atoms with E-state index in [0.29, 0.717) is 33.9 Å². The van der Waals surface area contributed by atoms with Crippen LogP contribution in [0.3, 0.4) is 0 Å². The van der Waals surface area contributed by atoms with E-state index in [-0.39, 0.29) is 0 Å². The quantitative estimate of drug-likeness (QED) is 0.698. The average molecular weight is 416 g/mol. The lowest BCUT2D eigenvalue weighted by atomic mass is 10.2. The summed E-state index contributed by atoms with van der Waals surface area (Å²) in [5.74, 6) is 1.13. The van der Waals surface area contributed by atoms with Gasteiger partial charge in [0.15, 0.2) is 5.11 Å². The molecular formula is C16H16BrClN2O2S. The van der Waals surface area contributed by atoms with Crippen LogP contribution in [0.25, 0.3) is 0 Å². The molecule has 0 atom stereocenters. The van der Waals surface area contributed by atoms with E-state index in [2.05, 4.69) is 26.6 Å². The summed E-state index contributed by atoms with van der Waals surface area (Å²) in [5.41, 5.74) is 1.79. The number of hydrogen-bond acceptors (Lipinski definition) is 3. The van der Waals surface area contributed by atoms with E-state index < -0.39 is 0 Å². The molecule has 0 aliphatic heterocycles. The average Bonchev–Trinajstić information content (AvgIpc) is 2.55. The van der Waals surface area contributed by atoms with Gasteiger partial charge in [0.05, 0.1) is 24.9 Å². The Labute approximate surface area is 154 Å². The number of ether oxygens (including phenoxy) is 2. The monoisotopic (exact) mass is 414 g/mol. The highest BCUT2D eigenvalue weighted by atomic mass is 79.9. The normalized spacial score (nSPS) is 10.1. The standard InChI is InChI=1S/C16H16BrClN2O2S/c1-21-14-8-13(15(22-2)7-12(14)18)20-16(23)19-9-10-5-3-4-6-11(10)17/h3-8H,9H2,1-2H3,(H2,19,20,23). The number of benzene rings is 2. The first kappa shape index (κ1) is 17.8. The molecule has 2 rings (SSSR count). The number of methoxy groups -OCH3 is 2. The third-order valence-electron chi connectivity index (χ3n) is 3.12. The van der Waals surface area contributed by atoms with Crippen molar-refractivity contribution in [3.8, 4) is 11.5 Å². The third kappa shape index (κ3) is 4.73. The lowest BCUT2D eigenvalue weighted by Gasteiger charge is -2.15. The second-order valence-electron chi connectivity index (χ2n) is 4.59. The lowest BCUT2D eigenvalue weighted by Crippen LogP contribution is -2.28. The predicted molar refractivity (Wildman–Crippen MR) is 102 cm³/mol. The van der Waals surface area contributed by atoms with E-state index in [0.717, 1.165) is 10.0 Å². The minimum absolute atomic E-state index is 0.474. The molecule has 0 aromatic heterocycles. The fourth-order valence-corrected chi connectivity index (χ4v) is 2.78. The summed E-state index contributed by atoms with van der Waals surface area (Å²) in [6, 6.07) is 11.4. The molecule has 0 aliphatic carbocycles. The second-order valence-corrected chi connectivity index (χ2v) is 6.26. The Hall–Kier alpha value is -1.50. The van der Waals surface area contributed by atoms with E-state index in [1.165, 1.54) is 0 Å². The van der Waals surface area contributed by atoms with Crippen LogP contribution in [0.4, 0.5) is 5.69 Å². The van der Waals surface area contributed by atoms with Gasteiger partial charge in [0.25, 0.3) is 0 Å². The van der Waals surface area contributed by atoms with Gasteiger partial charge in [0.2, 0.25) is 0 Å². The van der Waals surface area contributed by atoms with Crippen LogP contribution in [0.2, 0.25) is 5.02 Å². The van der Waals surface area contributed by atoms with Crippen molar-refractivity contribution in [1.29, 1.82) is 0 Å². The van der Waals surface area contributed by atoms with Crippen LogP contribution in [-0.4, -0.2) is 19.3 Å². The predicted octanol–water partition coefficient (Wildman–Crippen LogP) is 4.61. The molecule has 0 unspecified atom stereocenters. The van der Waals surface area contributed by atoms with Crippen molar-refractivity contribution in [2.45, 2.75) is 6.54 Å². The Morgan fingerprint density at radius 3 is 2.52 bits per heavy atom.